The maximum Gasteiger partial charge on any atom is 0.214 e. The van der Waals surface area contributed by atoms with Crippen LogP contribution in [0.15, 0.2) is 24.4 Å². The number of aromatic nitrogens is 4. The largest absolute Gasteiger partial charge is 0.242 e. The van der Waals surface area contributed by atoms with Gasteiger partial charge in [0.25, 0.3) is 0 Å². The first-order valence-corrected chi connectivity index (χ1v) is 9.65. The molecule has 0 radical (unpaired) electrons. The van der Waals surface area contributed by atoms with Gasteiger partial charge >= 0.3 is 0 Å². The molecule has 0 saturated heterocycles. The van der Waals surface area contributed by atoms with Crippen LogP contribution in [-0.4, -0.2) is 33.6 Å². The van der Waals surface area contributed by atoms with Gasteiger partial charge in [0.15, 0.2) is 0 Å². The molecule has 0 unspecified atom stereocenters. The van der Waals surface area contributed by atoms with Gasteiger partial charge in [-0.2, -0.15) is 0 Å². The third-order valence-electron chi connectivity index (χ3n) is 3.70. The molecule has 23 heavy (non-hydrogen) atoms. The fourth-order valence-electron chi connectivity index (χ4n) is 2.35. The Morgan fingerprint density at radius 2 is 2.22 bits per heavy atom. The SMILES string of the molecule is Cc1nc2ccc(-n3cc(CNS(=O)(=O)C4CC4)nn3)cc2s1. The quantitative estimate of drug-likeness (QED) is 0.758. The molecule has 1 aromatic carbocycles. The Balaban J connectivity index is 1.54. The van der Waals surface area contributed by atoms with Crippen molar-refractivity contribution in [1.82, 2.24) is 24.7 Å². The van der Waals surface area contributed by atoms with Gasteiger partial charge in [0.1, 0.15) is 0 Å². The number of benzene rings is 1. The lowest BCUT2D eigenvalue weighted by Crippen LogP contribution is -2.26. The summed E-state index contributed by atoms with van der Waals surface area (Å²) < 4.78 is 29.0. The Morgan fingerprint density at radius 1 is 1.39 bits per heavy atom. The molecule has 1 fully saturated rings. The Kier molecular flexibility index (Phi) is 3.43. The smallest absolute Gasteiger partial charge is 0.214 e. The van der Waals surface area contributed by atoms with E-state index < -0.39 is 10.0 Å². The van der Waals surface area contributed by atoms with Crippen LogP contribution in [0.3, 0.4) is 0 Å². The number of thiazole rings is 1. The highest BCUT2D eigenvalue weighted by Crippen LogP contribution is 2.27. The highest BCUT2D eigenvalue weighted by atomic mass is 32.2. The molecular weight excluding hydrogens is 334 g/mol. The van der Waals surface area contributed by atoms with E-state index in [1.807, 2.05) is 25.1 Å². The molecule has 4 rings (SSSR count). The fourth-order valence-corrected chi connectivity index (χ4v) is 4.55. The Morgan fingerprint density at radius 3 is 3.00 bits per heavy atom. The van der Waals surface area contributed by atoms with Crippen molar-refractivity contribution in [1.29, 1.82) is 0 Å². The number of nitrogens with one attached hydrogen (secondary N) is 1. The second-order valence-corrected chi connectivity index (χ2v) is 8.88. The topological polar surface area (TPSA) is 89.8 Å². The summed E-state index contributed by atoms with van der Waals surface area (Å²) in [6.07, 6.45) is 3.23. The normalized spacial score (nSPS) is 15.3. The van der Waals surface area contributed by atoms with Crippen molar-refractivity contribution >= 4 is 31.6 Å². The zero-order chi connectivity index (χ0) is 16.0. The Hall–Kier alpha value is -1.84. The van der Waals surface area contributed by atoms with Gasteiger partial charge in [-0.15, -0.1) is 16.4 Å². The van der Waals surface area contributed by atoms with E-state index in [-0.39, 0.29) is 11.8 Å². The highest BCUT2D eigenvalue weighted by molar-refractivity contribution is 7.90. The number of rotatable bonds is 5. The van der Waals surface area contributed by atoms with Crippen molar-refractivity contribution in [2.24, 2.45) is 0 Å². The number of aryl methyl sites for hydroxylation is 1. The average Bonchev–Trinajstić information content (AvgIpc) is 3.16. The zero-order valence-corrected chi connectivity index (χ0v) is 14.1. The first-order chi connectivity index (χ1) is 11.0. The molecule has 9 heteroatoms. The summed E-state index contributed by atoms with van der Waals surface area (Å²) in [4.78, 5) is 4.43. The summed E-state index contributed by atoms with van der Waals surface area (Å²) in [5, 5.41) is 8.90. The second kappa shape index (κ2) is 5.36. The van der Waals surface area contributed by atoms with Gasteiger partial charge in [0.05, 0.1) is 44.6 Å². The zero-order valence-electron chi connectivity index (χ0n) is 12.4. The van der Waals surface area contributed by atoms with E-state index in [0.717, 1.165) is 33.8 Å². The summed E-state index contributed by atoms with van der Waals surface area (Å²) in [6.45, 7) is 2.14. The van der Waals surface area contributed by atoms with Crippen molar-refractivity contribution in [3.8, 4) is 5.69 Å². The van der Waals surface area contributed by atoms with Crippen LogP contribution in [0.4, 0.5) is 0 Å². The molecule has 1 saturated carbocycles. The average molecular weight is 349 g/mol. The van der Waals surface area contributed by atoms with Crippen molar-refractivity contribution < 1.29 is 8.42 Å². The van der Waals surface area contributed by atoms with E-state index in [1.54, 1.807) is 22.2 Å². The molecule has 2 heterocycles. The van der Waals surface area contributed by atoms with E-state index in [2.05, 4.69) is 20.0 Å². The lowest BCUT2D eigenvalue weighted by Gasteiger charge is -2.02. The van der Waals surface area contributed by atoms with E-state index in [9.17, 15) is 8.42 Å². The van der Waals surface area contributed by atoms with Crippen LogP contribution >= 0.6 is 11.3 Å². The molecule has 1 aliphatic carbocycles. The molecule has 7 nitrogen and oxygen atoms in total. The maximum absolute atomic E-state index is 11.8. The standard InChI is InChI=1S/C14H15N5O2S2/c1-9-16-13-5-2-11(6-14(13)22-9)19-8-10(17-18-19)7-15-23(20,21)12-3-4-12/h2,5-6,8,12,15H,3-4,7H2,1H3. The summed E-state index contributed by atoms with van der Waals surface area (Å²) in [7, 11) is -3.20. The van der Waals surface area contributed by atoms with Crippen molar-refractivity contribution in [2.45, 2.75) is 31.6 Å². The van der Waals surface area contributed by atoms with Crippen LogP contribution in [0.1, 0.15) is 23.5 Å². The molecule has 0 atom stereocenters. The van der Waals surface area contributed by atoms with Gasteiger partial charge in [0.2, 0.25) is 10.0 Å². The van der Waals surface area contributed by atoms with Gasteiger partial charge < -0.3 is 0 Å². The lowest BCUT2D eigenvalue weighted by molar-refractivity contribution is 0.579. The van der Waals surface area contributed by atoms with Crippen LogP contribution < -0.4 is 4.72 Å². The minimum Gasteiger partial charge on any atom is -0.242 e. The number of sulfonamides is 1. The third-order valence-corrected chi connectivity index (χ3v) is 6.53. The van der Waals surface area contributed by atoms with Crippen LogP contribution in [0.5, 0.6) is 0 Å². The Bertz CT molecular complexity index is 972. The molecule has 3 aromatic rings. The molecule has 0 spiro atoms. The second-order valence-electron chi connectivity index (χ2n) is 5.60. The van der Waals surface area contributed by atoms with Gasteiger partial charge in [-0.1, -0.05) is 5.21 Å². The summed E-state index contributed by atoms with van der Waals surface area (Å²) in [6, 6.07) is 5.88. The third kappa shape index (κ3) is 2.99. The molecule has 0 amide bonds. The number of hydrogen-bond acceptors (Lipinski definition) is 6. The van der Waals surface area contributed by atoms with Crippen molar-refractivity contribution in [2.75, 3.05) is 0 Å². The maximum atomic E-state index is 11.8. The van der Waals surface area contributed by atoms with Gasteiger partial charge in [-0.3, -0.25) is 0 Å². The first kappa shape index (κ1) is 14.7. The van der Waals surface area contributed by atoms with E-state index in [1.165, 1.54) is 0 Å². The molecule has 0 aliphatic heterocycles. The number of nitrogens with zero attached hydrogens (tertiary/aromatic N) is 4. The van der Waals surface area contributed by atoms with E-state index >= 15 is 0 Å². The van der Waals surface area contributed by atoms with Crippen molar-refractivity contribution in [3.05, 3.63) is 35.1 Å². The van der Waals surface area contributed by atoms with Crippen LogP contribution in [0, 0.1) is 6.92 Å². The monoisotopic (exact) mass is 349 g/mol. The minimum absolute atomic E-state index is 0.167. The van der Waals surface area contributed by atoms with E-state index in [0.29, 0.717) is 5.69 Å². The van der Waals surface area contributed by atoms with Gasteiger partial charge in [0, 0.05) is 0 Å². The summed E-state index contributed by atoms with van der Waals surface area (Å²) in [5.74, 6) is 0. The molecule has 1 aliphatic rings. The van der Waals surface area contributed by atoms with Crippen LogP contribution in [0.2, 0.25) is 0 Å². The predicted molar refractivity (Wildman–Crippen MR) is 88.1 cm³/mol. The van der Waals surface area contributed by atoms with Crippen LogP contribution in [-0.2, 0) is 16.6 Å². The number of fused-ring (bicyclic) bond motifs is 1. The molecule has 2 aromatic heterocycles. The molecule has 120 valence electrons. The van der Waals surface area contributed by atoms with Gasteiger partial charge in [-0.25, -0.2) is 22.8 Å². The van der Waals surface area contributed by atoms with Crippen molar-refractivity contribution in [3.63, 3.8) is 0 Å². The fraction of sp³-hybridized carbons (Fsp3) is 0.357. The lowest BCUT2D eigenvalue weighted by atomic mass is 10.3. The minimum atomic E-state index is -3.20. The van der Waals surface area contributed by atoms with E-state index in [4.69, 9.17) is 0 Å². The summed E-state index contributed by atoms with van der Waals surface area (Å²) in [5.41, 5.74) is 2.44. The van der Waals surface area contributed by atoms with Gasteiger partial charge in [-0.05, 0) is 38.0 Å². The molecule has 1 N–H and O–H groups in total. The first-order valence-electron chi connectivity index (χ1n) is 7.28. The highest BCUT2D eigenvalue weighted by Gasteiger charge is 2.35. The molecule has 0 bridgehead atoms. The Labute approximate surface area is 137 Å². The van der Waals surface area contributed by atoms with Crippen LogP contribution in [0.25, 0.3) is 15.9 Å². The number of hydrogen-bond donors (Lipinski definition) is 1. The summed E-state index contributed by atoms with van der Waals surface area (Å²) >= 11 is 1.63. The predicted octanol–water partition coefficient (Wildman–Crippen LogP) is 1.77. The molecular formula is C14H15N5O2S2.